The molecule has 102 valence electrons. The van der Waals surface area contributed by atoms with Crippen molar-refractivity contribution >= 4 is 11.7 Å². The van der Waals surface area contributed by atoms with Crippen molar-refractivity contribution in [1.29, 1.82) is 0 Å². The molecule has 1 N–H and O–H groups in total. The molecule has 0 saturated carbocycles. The molecule has 1 aromatic rings. The predicted molar refractivity (Wildman–Crippen MR) is 72.9 cm³/mol. The summed E-state index contributed by atoms with van der Waals surface area (Å²) in [6, 6.07) is 5.44. The molecule has 0 spiro atoms. The topological polar surface area (TPSA) is 59.9 Å². The maximum atomic E-state index is 11.6. The highest BCUT2D eigenvalue weighted by Gasteiger charge is 2.24. The van der Waals surface area contributed by atoms with Crippen LogP contribution in [0.2, 0.25) is 0 Å². The zero-order chi connectivity index (χ0) is 13.8. The van der Waals surface area contributed by atoms with Crippen LogP contribution in [0.25, 0.3) is 0 Å². The third-order valence-corrected chi connectivity index (χ3v) is 3.09. The summed E-state index contributed by atoms with van der Waals surface area (Å²) in [7, 11) is 3.20. The second-order valence-corrected chi connectivity index (χ2v) is 4.36. The van der Waals surface area contributed by atoms with Gasteiger partial charge in [-0.3, -0.25) is 9.79 Å². The van der Waals surface area contributed by atoms with E-state index < -0.39 is 0 Å². The van der Waals surface area contributed by atoms with Gasteiger partial charge in [-0.25, -0.2) is 0 Å². The van der Waals surface area contributed by atoms with Crippen molar-refractivity contribution in [1.82, 2.24) is 5.32 Å². The highest BCUT2D eigenvalue weighted by Crippen LogP contribution is 2.27. The highest BCUT2D eigenvalue weighted by molar-refractivity contribution is 6.06. The Labute approximate surface area is 112 Å². The number of ether oxygens (including phenoxy) is 2. The average Bonchev–Trinajstić information content (AvgIpc) is 2.78. The van der Waals surface area contributed by atoms with Crippen molar-refractivity contribution in [3.05, 3.63) is 23.8 Å². The van der Waals surface area contributed by atoms with Crippen molar-refractivity contribution in [2.75, 3.05) is 14.2 Å². The lowest BCUT2D eigenvalue weighted by atomic mass is 10.1. The number of amidine groups is 1. The molecule has 0 aromatic heterocycles. The van der Waals surface area contributed by atoms with E-state index in [0.717, 1.165) is 12.0 Å². The monoisotopic (exact) mass is 262 g/mol. The van der Waals surface area contributed by atoms with Crippen LogP contribution >= 0.6 is 0 Å². The Morgan fingerprint density at radius 2 is 2.00 bits per heavy atom. The van der Waals surface area contributed by atoms with Crippen molar-refractivity contribution in [2.45, 2.75) is 25.8 Å². The number of carbonyl (C=O) groups is 1. The van der Waals surface area contributed by atoms with E-state index >= 15 is 0 Å². The van der Waals surface area contributed by atoms with Gasteiger partial charge in [0, 0.05) is 6.42 Å². The molecule has 0 fully saturated rings. The molecule has 0 radical (unpaired) electrons. The standard InChI is InChI=1S/C14H18N2O3/c1-4-10-14(17)16-13(15-10)8-9-5-6-11(18-2)12(7-9)19-3/h5-7,10H,4,8H2,1-3H3,(H,15,16,17). The number of hydrogen-bond acceptors (Lipinski definition) is 4. The van der Waals surface area contributed by atoms with Crippen molar-refractivity contribution < 1.29 is 14.3 Å². The first kappa shape index (κ1) is 13.4. The summed E-state index contributed by atoms with van der Waals surface area (Å²) in [6.07, 6.45) is 1.31. The molecule has 0 bridgehead atoms. The van der Waals surface area contributed by atoms with E-state index in [4.69, 9.17) is 9.47 Å². The average molecular weight is 262 g/mol. The molecule has 0 aliphatic carbocycles. The van der Waals surface area contributed by atoms with Gasteiger partial charge in [-0.1, -0.05) is 13.0 Å². The molecule has 0 saturated heterocycles. The van der Waals surface area contributed by atoms with Gasteiger partial charge in [0.25, 0.3) is 0 Å². The number of benzene rings is 1. The third-order valence-electron chi connectivity index (χ3n) is 3.09. The second-order valence-electron chi connectivity index (χ2n) is 4.36. The summed E-state index contributed by atoms with van der Waals surface area (Å²) in [5, 5.41) is 2.81. The van der Waals surface area contributed by atoms with Gasteiger partial charge < -0.3 is 14.8 Å². The van der Waals surface area contributed by atoms with Crippen molar-refractivity contribution in [3.63, 3.8) is 0 Å². The van der Waals surface area contributed by atoms with Crippen LogP contribution in [0, 0.1) is 0 Å². The molecule has 5 nitrogen and oxygen atoms in total. The van der Waals surface area contributed by atoms with Gasteiger partial charge in [0.05, 0.1) is 14.2 Å². The minimum absolute atomic E-state index is 0.0158. The number of rotatable bonds is 5. The zero-order valence-corrected chi connectivity index (χ0v) is 11.4. The number of hydrogen-bond donors (Lipinski definition) is 1. The Kier molecular flexibility index (Phi) is 4.04. The summed E-state index contributed by atoms with van der Waals surface area (Å²) >= 11 is 0. The first-order valence-corrected chi connectivity index (χ1v) is 6.26. The Morgan fingerprint density at radius 3 is 2.58 bits per heavy atom. The smallest absolute Gasteiger partial charge is 0.250 e. The van der Waals surface area contributed by atoms with Gasteiger partial charge in [0.2, 0.25) is 5.91 Å². The van der Waals surface area contributed by atoms with E-state index in [1.165, 1.54) is 0 Å². The Bertz CT molecular complexity index is 511. The van der Waals surface area contributed by atoms with Gasteiger partial charge >= 0.3 is 0 Å². The van der Waals surface area contributed by atoms with Gasteiger partial charge in [-0.15, -0.1) is 0 Å². The molecule has 2 rings (SSSR count). The quantitative estimate of drug-likeness (QED) is 0.876. The Morgan fingerprint density at radius 1 is 1.26 bits per heavy atom. The van der Waals surface area contributed by atoms with Crippen molar-refractivity contribution in [3.8, 4) is 11.5 Å². The van der Waals surface area contributed by atoms with Crippen LogP contribution in [0.1, 0.15) is 18.9 Å². The van der Waals surface area contributed by atoms with Gasteiger partial charge in [-0.2, -0.15) is 0 Å². The number of amides is 1. The Hall–Kier alpha value is -2.04. The first-order valence-electron chi connectivity index (χ1n) is 6.26. The Balaban J connectivity index is 2.14. The lowest BCUT2D eigenvalue weighted by molar-refractivity contribution is -0.120. The predicted octanol–water partition coefficient (Wildman–Crippen LogP) is 1.55. The second kappa shape index (κ2) is 5.73. The number of carbonyl (C=O) groups excluding carboxylic acids is 1. The van der Waals surface area contributed by atoms with Gasteiger partial charge in [0.15, 0.2) is 11.5 Å². The van der Waals surface area contributed by atoms with Crippen LogP contribution in [0.15, 0.2) is 23.2 Å². The molecule has 1 amide bonds. The van der Waals surface area contributed by atoms with Crippen molar-refractivity contribution in [2.24, 2.45) is 4.99 Å². The number of methoxy groups -OCH3 is 2. The van der Waals surface area contributed by atoms with Crippen LogP contribution in [0.5, 0.6) is 11.5 Å². The summed E-state index contributed by atoms with van der Waals surface area (Å²) in [4.78, 5) is 15.9. The largest absolute Gasteiger partial charge is 0.493 e. The lowest BCUT2D eigenvalue weighted by Crippen LogP contribution is -2.29. The number of aliphatic imine (C=N–C) groups is 1. The summed E-state index contributed by atoms with van der Waals surface area (Å²) < 4.78 is 10.4. The van der Waals surface area contributed by atoms with Crippen LogP contribution in [0.4, 0.5) is 0 Å². The van der Waals surface area contributed by atoms with Gasteiger partial charge in [0.1, 0.15) is 11.9 Å². The molecule has 19 heavy (non-hydrogen) atoms. The zero-order valence-electron chi connectivity index (χ0n) is 11.4. The molecule has 1 aliphatic rings. The molecule has 1 aliphatic heterocycles. The molecule has 5 heteroatoms. The lowest BCUT2D eigenvalue weighted by Gasteiger charge is -2.09. The fraction of sp³-hybridized carbons (Fsp3) is 0.429. The van der Waals surface area contributed by atoms with Crippen LogP contribution in [-0.4, -0.2) is 32.0 Å². The first-order chi connectivity index (χ1) is 9.17. The summed E-state index contributed by atoms with van der Waals surface area (Å²) in [5.41, 5.74) is 1.02. The van der Waals surface area contributed by atoms with Crippen LogP contribution < -0.4 is 14.8 Å². The molecular weight excluding hydrogens is 244 g/mol. The maximum absolute atomic E-state index is 11.6. The SMILES string of the molecule is CCC1N=C(Cc2ccc(OC)c(OC)c2)NC1=O. The number of nitrogens with zero attached hydrogens (tertiary/aromatic N) is 1. The van der Waals surface area contributed by atoms with Crippen LogP contribution in [-0.2, 0) is 11.2 Å². The van der Waals surface area contributed by atoms with E-state index in [0.29, 0.717) is 23.8 Å². The van der Waals surface area contributed by atoms with E-state index in [-0.39, 0.29) is 11.9 Å². The number of nitrogens with one attached hydrogen (secondary N) is 1. The normalized spacial score (nSPS) is 17.9. The van der Waals surface area contributed by atoms with E-state index in [1.807, 2.05) is 25.1 Å². The summed E-state index contributed by atoms with van der Waals surface area (Å²) in [6.45, 7) is 1.95. The van der Waals surface area contributed by atoms with Gasteiger partial charge in [-0.05, 0) is 24.1 Å². The van der Waals surface area contributed by atoms with E-state index in [2.05, 4.69) is 10.3 Å². The molecule has 1 heterocycles. The van der Waals surface area contributed by atoms with Crippen LogP contribution in [0.3, 0.4) is 0 Å². The fourth-order valence-electron chi connectivity index (χ4n) is 2.05. The fourth-order valence-corrected chi connectivity index (χ4v) is 2.05. The van der Waals surface area contributed by atoms with E-state index in [1.54, 1.807) is 14.2 Å². The minimum atomic E-state index is -0.241. The maximum Gasteiger partial charge on any atom is 0.250 e. The van der Waals surface area contributed by atoms with E-state index in [9.17, 15) is 4.79 Å². The molecular formula is C14H18N2O3. The minimum Gasteiger partial charge on any atom is -0.493 e. The molecule has 1 atom stereocenters. The summed E-state index contributed by atoms with van der Waals surface area (Å²) in [5.74, 6) is 2.06. The third kappa shape index (κ3) is 2.86. The molecule has 1 aromatic carbocycles. The molecule has 1 unspecified atom stereocenters. The highest BCUT2D eigenvalue weighted by atomic mass is 16.5.